The summed E-state index contributed by atoms with van der Waals surface area (Å²) in [6.45, 7) is 0.144. The Labute approximate surface area is 277 Å². The fourth-order valence-corrected chi connectivity index (χ4v) is 4.19. The Bertz CT molecular complexity index is 1910. The van der Waals surface area contributed by atoms with Gasteiger partial charge in [-0.3, -0.25) is 19.2 Å². The van der Waals surface area contributed by atoms with Crippen LogP contribution in [0.2, 0.25) is 5.15 Å². The monoisotopic (exact) mass is 710 g/mol. The number of carbonyl (C=O) groups excluding carboxylic acids is 4. The van der Waals surface area contributed by atoms with Gasteiger partial charge in [-0.15, -0.1) is 0 Å². The van der Waals surface area contributed by atoms with Crippen molar-refractivity contribution in [2.75, 3.05) is 5.73 Å². The first-order chi connectivity index (χ1) is 21.4. The lowest BCUT2D eigenvalue weighted by Gasteiger charge is -2.03. The molecule has 5 aromatic rings. The van der Waals surface area contributed by atoms with E-state index in [1.54, 1.807) is 59.4 Å². The van der Waals surface area contributed by atoms with E-state index in [1.165, 1.54) is 52.9 Å². The molecule has 14 heteroatoms. The Morgan fingerprint density at radius 3 is 1.91 bits per heavy atom. The van der Waals surface area contributed by atoms with Gasteiger partial charge in [0.25, 0.3) is 11.1 Å². The number of nitrogens with zero attached hydrogens (tertiary/aromatic N) is 3. The molecule has 0 unspecified atom stereocenters. The van der Waals surface area contributed by atoms with Gasteiger partial charge in [0.15, 0.2) is 6.20 Å². The Hall–Kier alpha value is -5.45. The predicted octanol–water partition coefficient (Wildman–Crippen LogP) is 1.03. The topological polar surface area (TPSA) is 178 Å². The van der Waals surface area contributed by atoms with E-state index in [0.717, 1.165) is 0 Å². The van der Waals surface area contributed by atoms with E-state index in [4.69, 9.17) is 28.3 Å². The number of benzene rings is 2. The second-order valence-electron chi connectivity index (χ2n) is 9.18. The number of primary amides is 2. The van der Waals surface area contributed by atoms with Gasteiger partial charge >= 0.3 is 0 Å². The first-order valence-corrected chi connectivity index (χ1v) is 13.4. The Morgan fingerprint density at radius 1 is 0.848 bits per heavy atom. The second kappa shape index (κ2) is 17.1. The van der Waals surface area contributed by atoms with Crippen LogP contribution < -0.4 is 38.7 Å². The third-order valence-corrected chi connectivity index (χ3v) is 6.41. The van der Waals surface area contributed by atoms with Crippen molar-refractivity contribution in [3.8, 4) is 6.07 Å². The summed E-state index contributed by atoms with van der Waals surface area (Å²) in [6, 6.07) is 22.5. The smallest absolute Gasteiger partial charge is 0.275 e. The molecule has 3 heterocycles. The fraction of sp³-hybridized carbons (Fsp3) is 0.0625. The van der Waals surface area contributed by atoms with Crippen LogP contribution in [0.4, 0.5) is 14.5 Å². The van der Waals surface area contributed by atoms with Crippen LogP contribution in [0, 0.1) is 23.0 Å². The van der Waals surface area contributed by atoms with Crippen LogP contribution in [0.5, 0.6) is 0 Å². The van der Waals surface area contributed by atoms with Gasteiger partial charge in [-0.2, -0.15) is 9.83 Å². The van der Waals surface area contributed by atoms with Crippen LogP contribution in [-0.2, 0) is 11.3 Å². The van der Waals surface area contributed by atoms with Gasteiger partial charge in [0.1, 0.15) is 23.7 Å². The Kier molecular flexibility index (Phi) is 13.7. The molecule has 0 spiro atoms. The summed E-state index contributed by atoms with van der Waals surface area (Å²) in [5.74, 6) is -2.60. The van der Waals surface area contributed by atoms with E-state index in [0.29, 0.717) is 16.2 Å². The molecule has 3 aromatic heterocycles. The summed E-state index contributed by atoms with van der Waals surface area (Å²) in [7, 11) is 0. The zero-order valence-electron chi connectivity index (χ0n) is 23.9. The number of nitrogens with two attached hydrogens (primary N) is 3. The van der Waals surface area contributed by atoms with Crippen LogP contribution in [-0.4, -0.2) is 27.8 Å². The summed E-state index contributed by atoms with van der Waals surface area (Å²) in [5, 5.41) is 8.17. The second-order valence-corrected chi connectivity index (χ2v) is 9.56. The Balaban J connectivity index is 0.000000273. The van der Waals surface area contributed by atoms with Crippen molar-refractivity contribution < 1.29 is 49.5 Å². The quantitative estimate of drug-likeness (QED) is 0.129. The highest BCUT2D eigenvalue weighted by Gasteiger charge is 2.24. The third kappa shape index (κ3) is 9.52. The number of Topliss-reactive ketones (excluding diaryl/α,β-unsaturated/α-hetero) is 1. The van der Waals surface area contributed by atoms with Gasteiger partial charge < -0.3 is 38.6 Å². The lowest BCUT2D eigenvalue weighted by Crippen LogP contribution is -3.00. The minimum absolute atomic E-state index is 0. The number of nitrogen functional groups attached to an aromatic ring is 1. The SMILES string of the molecule is N#CCC(N)=O.NC(=O)c1c(N)c(C(=O)c2ccc(F)cc2)n2ccccc12.O=C(C[n+]1ccccc1Cl)c1ccc(F)cc1.[Br-]. The van der Waals surface area contributed by atoms with Gasteiger partial charge in [-0.25, -0.2) is 8.78 Å². The molecule has 0 aliphatic heterocycles. The number of halogens is 4. The van der Waals surface area contributed by atoms with E-state index >= 15 is 0 Å². The van der Waals surface area contributed by atoms with Crippen molar-refractivity contribution >= 4 is 46.2 Å². The average Bonchev–Trinajstić information content (AvgIpc) is 3.31. The summed E-state index contributed by atoms with van der Waals surface area (Å²) in [6.07, 6.45) is 3.17. The predicted molar refractivity (Wildman–Crippen MR) is 162 cm³/mol. The lowest BCUT2D eigenvalue weighted by atomic mass is 10.1. The van der Waals surface area contributed by atoms with Gasteiger partial charge in [0.05, 0.1) is 22.8 Å². The molecular weight excluding hydrogens is 686 g/mol. The normalized spacial score (nSPS) is 9.78. The van der Waals surface area contributed by atoms with Gasteiger partial charge in [-0.05, 0) is 78.3 Å². The molecule has 2 aromatic carbocycles. The number of anilines is 1. The average molecular weight is 712 g/mol. The van der Waals surface area contributed by atoms with Crippen LogP contribution in [0.3, 0.4) is 0 Å². The molecule has 0 aliphatic carbocycles. The molecule has 6 N–H and O–H groups in total. The minimum Gasteiger partial charge on any atom is -1.00 e. The van der Waals surface area contributed by atoms with Crippen molar-refractivity contribution in [2.45, 2.75) is 13.0 Å². The summed E-state index contributed by atoms with van der Waals surface area (Å²) >= 11 is 5.93. The molecule has 0 radical (unpaired) electrons. The summed E-state index contributed by atoms with van der Waals surface area (Å²) in [4.78, 5) is 45.7. The molecule has 46 heavy (non-hydrogen) atoms. The number of nitriles is 1. The highest BCUT2D eigenvalue weighted by molar-refractivity contribution is 6.28. The number of carbonyl (C=O) groups is 4. The number of pyridine rings is 2. The molecule has 0 saturated heterocycles. The zero-order chi connectivity index (χ0) is 33.1. The minimum atomic E-state index is -0.709. The van der Waals surface area contributed by atoms with E-state index in [-0.39, 0.29) is 64.1 Å². The molecular formula is C32H26BrClF2N6O4. The number of rotatable bonds is 7. The zero-order valence-corrected chi connectivity index (χ0v) is 26.2. The molecule has 236 valence electrons. The lowest BCUT2D eigenvalue weighted by molar-refractivity contribution is -0.681. The van der Waals surface area contributed by atoms with Gasteiger partial charge in [-0.1, -0.05) is 6.07 Å². The molecule has 10 nitrogen and oxygen atoms in total. The van der Waals surface area contributed by atoms with E-state index in [9.17, 15) is 28.0 Å². The fourth-order valence-electron chi connectivity index (χ4n) is 4.00. The maximum atomic E-state index is 13.0. The number of aromatic nitrogens is 2. The molecule has 0 bridgehead atoms. The number of amides is 2. The number of hydrogen-bond acceptors (Lipinski definition) is 6. The molecule has 2 amide bonds. The highest BCUT2D eigenvalue weighted by atomic mass is 79.9. The van der Waals surface area contributed by atoms with E-state index < -0.39 is 23.4 Å². The van der Waals surface area contributed by atoms with Crippen molar-refractivity contribution in [1.29, 1.82) is 5.26 Å². The van der Waals surface area contributed by atoms with Crippen molar-refractivity contribution in [3.63, 3.8) is 0 Å². The number of fused-ring (bicyclic) bond motifs is 1. The van der Waals surface area contributed by atoms with Crippen LogP contribution in [0.25, 0.3) is 5.52 Å². The maximum absolute atomic E-state index is 13.0. The van der Waals surface area contributed by atoms with Gasteiger partial charge in [0.2, 0.25) is 24.0 Å². The largest absolute Gasteiger partial charge is 1.00 e. The first-order valence-electron chi connectivity index (χ1n) is 13.0. The molecule has 0 atom stereocenters. The number of hydrogen-bond donors (Lipinski definition) is 3. The van der Waals surface area contributed by atoms with E-state index in [2.05, 4.69) is 5.73 Å². The summed E-state index contributed by atoms with van der Waals surface area (Å²) in [5.41, 5.74) is 17.3. The third-order valence-electron chi connectivity index (χ3n) is 6.07. The van der Waals surface area contributed by atoms with Crippen LogP contribution >= 0.6 is 11.6 Å². The molecule has 0 saturated carbocycles. The maximum Gasteiger partial charge on any atom is 0.275 e. The van der Waals surface area contributed by atoms with Crippen molar-refractivity contribution in [3.05, 3.63) is 136 Å². The standard InChI is InChI=1S/C16H12FN3O2.C13H10ClFNO.C3H4N2O.BrH/c17-10-6-4-9(5-7-10)15(21)14-13(18)12(16(19)22)11-3-1-2-8-20(11)14;14-13-3-1-2-8-16(13)9-12(17)10-4-6-11(15)7-5-10;4-2-1-3(5)6;/h1-8H,18H2,(H2,19,22);1-8H,9H2;1H2,(H2,5,6);1H/q;+1;;/p-1. The molecule has 5 rings (SSSR count). The van der Waals surface area contributed by atoms with Gasteiger partial charge in [0, 0.05) is 29.5 Å². The van der Waals surface area contributed by atoms with Crippen molar-refractivity contribution in [1.82, 2.24) is 4.40 Å². The molecule has 0 fully saturated rings. The number of ketones is 2. The Morgan fingerprint density at radius 2 is 1.41 bits per heavy atom. The van der Waals surface area contributed by atoms with Crippen LogP contribution in [0.15, 0.2) is 97.3 Å². The van der Waals surface area contributed by atoms with Crippen LogP contribution in [0.1, 0.15) is 43.2 Å². The highest BCUT2D eigenvalue weighted by Crippen LogP contribution is 2.28. The summed E-state index contributed by atoms with van der Waals surface area (Å²) < 4.78 is 28.8. The molecule has 0 aliphatic rings. The first kappa shape index (κ1) is 36.7. The van der Waals surface area contributed by atoms with E-state index in [1.807, 2.05) is 0 Å². The van der Waals surface area contributed by atoms with Crippen molar-refractivity contribution in [2.24, 2.45) is 11.5 Å².